The molecule has 6 heteroatoms. The Bertz CT molecular complexity index is 477. The molecule has 0 aliphatic heterocycles. The van der Waals surface area contributed by atoms with Gasteiger partial charge in [-0.05, 0) is 17.3 Å². The number of aromatic nitrogens is 3. The molecule has 1 aromatic carbocycles. The third kappa shape index (κ3) is 0.994. The zero-order valence-corrected chi connectivity index (χ0v) is 6.38. The average Bonchev–Trinajstić information content (AvgIpc) is 2.48. The number of para-hydroxylation sites is 1. The van der Waals surface area contributed by atoms with Crippen LogP contribution in [0.15, 0.2) is 18.2 Å². The van der Waals surface area contributed by atoms with E-state index in [1.165, 1.54) is 6.07 Å². The minimum atomic E-state index is -1.12. The standard InChI is InChI=1S/C7H5N3O3/c11-7(12)4-2-1-3-5-6(4)10(13)9-8-5/h1-3,13H,(H,11,12). The van der Waals surface area contributed by atoms with E-state index in [-0.39, 0.29) is 11.1 Å². The van der Waals surface area contributed by atoms with Crippen molar-refractivity contribution in [1.82, 2.24) is 15.2 Å². The first-order valence-corrected chi connectivity index (χ1v) is 3.47. The first-order chi connectivity index (χ1) is 6.20. The van der Waals surface area contributed by atoms with Gasteiger partial charge in [-0.2, -0.15) is 0 Å². The summed E-state index contributed by atoms with van der Waals surface area (Å²) in [6.07, 6.45) is 0. The summed E-state index contributed by atoms with van der Waals surface area (Å²) < 4.78 is 0. The maximum atomic E-state index is 10.7. The van der Waals surface area contributed by atoms with Crippen LogP contribution >= 0.6 is 0 Å². The van der Waals surface area contributed by atoms with E-state index in [0.29, 0.717) is 10.4 Å². The third-order valence-corrected chi connectivity index (χ3v) is 1.68. The normalized spacial score (nSPS) is 10.5. The van der Waals surface area contributed by atoms with E-state index in [1.54, 1.807) is 12.1 Å². The van der Waals surface area contributed by atoms with E-state index < -0.39 is 5.97 Å². The number of aromatic carboxylic acids is 1. The van der Waals surface area contributed by atoms with Gasteiger partial charge in [-0.1, -0.05) is 10.9 Å². The van der Waals surface area contributed by atoms with E-state index in [0.717, 1.165) is 0 Å². The van der Waals surface area contributed by atoms with Crippen LogP contribution in [-0.4, -0.2) is 31.4 Å². The molecular formula is C7H5N3O3. The van der Waals surface area contributed by atoms with Crippen LogP contribution in [0.3, 0.4) is 0 Å². The van der Waals surface area contributed by atoms with Crippen LogP contribution in [0.1, 0.15) is 10.4 Å². The van der Waals surface area contributed by atoms with E-state index in [1.807, 2.05) is 0 Å². The van der Waals surface area contributed by atoms with Crippen molar-refractivity contribution in [3.8, 4) is 0 Å². The van der Waals surface area contributed by atoms with E-state index in [9.17, 15) is 4.79 Å². The molecule has 0 saturated heterocycles. The number of carbonyl (C=O) groups is 1. The maximum Gasteiger partial charge on any atom is 0.338 e. The van der Waals surface area contributed by atoms with Gasteiger partial charge in [-0.15, -0.1) is 5.10 Å². The number of benzene rings is 1. The van der Waals surface area contributed by atoms with Gasteiger partial charge in [-0.3, -0.25) is 0 Å². The van der Waals surface area contributed by atoms with Crippen LogP contribution in [0, 0.1) is 0 Å². The van der Waals surface area contributed by atoms with Crippen LogP contribution in [0.2, 0.25) is 0 Å². The first kappa shape index (κ1) is 7.53. The molecule has 66 valence electrons. The second kappa shape index (κ2) is 2.44. The van der Waals surface area contributed by atoms with Crippen molar-refractivity contribution in [1.29, 1.82) is 0 Å². The molecule has 13 heavy (non-hydrogen) atoms. The molecule has 0 aliphatic carbocycles. The van der Waals surface area contributed by atoms with Gasteiger partial charge in [0.2, 0.25) is 0 Å². The molecule has 0 spiro atoms. The smallest absolute Gasteiger partial charge is 0.338 e. The highest BCUT2D eigenvalue weighted by Crippen LogP contribution is 2.14. The number of nitrogens with zero attached hydrogens (tertiary/aromatic N) is 3. The number of hydrogen-bond donors (Lipinski definition) is 2. The summed E-state index contributed by atoms with van der Waals surface area (Å²) >= 11 is 0. The molecule has 2 N–H and O–H groups in total. The Morgan fingerprint density at radius 3 is 2.92 bits per heavy atom. The number of carboxylic acids is 1. The average molecular weight is 179 g/mol. The monoisotopic (exact) mass is 179 g/mol. The fourth-order valence-corrected chi connectivity index (χ4v) is 1.13. The molecule has 2 aromatic rings. The van der Waals surface area contributed by atoms with Crippen LogP contribution < -0.4 is 0 Å². The summed E-state index contributed by atoms with van der Waals surface area (Å²) in [4.78, 5) is 11.1. The van der Waals surface area contributed by atoms with Gasteiger partial charge in [0.05, 0.1) is 5.56 Å². The maximum absolute atomic E-state index is 10.7. The summed E-state index contributed by atoms with van der Waals surface area (Å²) in [5, 5.41) is 24.7. The van der Waals surface area contributed by atoms with Gasteiger partial charge in [0, 0.05) is 0 Å². The van der Waals surface area contributed by atoms with Crippen molar-refractivity contribution in [2.75, 3.05) is 0 Å². The molecule has 6 nitrogen and oxygen atoms in total. The summed E-state index contributed by atoms with van der Waals surface area (Å²) in [7, 11) is 0. The molecule has 1 aromatic heterocycles. The Morgan fingerprint density at radius 2 is 2.23 bits per heavy atom. The molecule has 0 amide bonds. The number of carboxylic acid groups (broad SMARTS) is 1. The molecule has 0 aliphatic rings. The topological polar surface area (TPSA) is 88.2 Å². The minimum absolute atomic E-state index is 0.0231. The first-order valence-electron chi connectivity index (χ1n) is 3.47. The molecule has 2 rings (SSSR count). The largest absolute Gasteiger partial charge is 0.478 e. The fourth-order valence-electron chi connectivity index (χ4n) is 1.13. The third-order valence-electron chi connectivity index (χ3n) is 1.68. The van der Waals surface area contributed by atoms with Crippen LogP contribution in [0.25, 0.3) is 11.0 Å². The van der Waals surface area contributed by atoms with Crippen molar-refractivity contribution in [2.24, 2.45) is 0 Å². The van der Waals surface area contributed by atoms with Crippen LogP contribution in [0.4, 0.5) is 0 Å². The van der Waals surface area contributed by atoms with Gasteiger partial charge in [0.1, 0.15) is 11.0 Å². The Morgan fingerprint density at radius 1 is 1.46 bits per heavy atom. The molecule has 1 heterocycles. The molecule has 0 radical (unpaired) electrons. The SMILES string of the molecule is O=C(O)c1cccc2nnn(O)c12. The van der Waals surface area contributed by atoms with Gasteiger partial charge in [-0.25, -0.2) is 4.79 Å². The predicted molar refractivity (Wildman–Crippen MR) is 41.7 cm³/mol. The predicted octanol–water partition coefficient (Wildman–Crippen LogP) is 0.367. The summed E-state index contributed by atoms with van der Waals surface area (Å²) in [5.74, 6) is -1.12. The zero-order chi connectivity index (χ0) is 9.42. The highest BCUT2D eigenvalue weighted by molar-refractivity contribution is 6.00. The van der Waals surface area contributed by atoms with Gasteiger partial charge in [0.15, 0.2) is 0 Å². The van der Waals surface area contributed by atoms with E-state index in [2.05, 4.69) is 10.3 Å². The van der Waals surface area contributed by atoms with Gasteiger partial charge in [0.25, 0.3) is 0 Å². The molecule has 0 fully saturated rings. The lowest BCUT2D eigenvalue weighted by Gasteiger charge is -1.95. The molecule has 0 unspecified atom stereocenters. The Hall–Kier alpha value is -2.11. The second-order valence-electron chi connectivity index (χ2n) is 2.46. The van der Waals surface area contributed by atoms with Crippen molar-refractivity contribution in [3.05, 3.63) is 23.8 Å². The van der Waals surface area contributed by atoms with E-state index in [4.69, 9.17) is 10.3 Å². The number of hydrogen-bond acceptors (Lipinski definition) is 4. The lowest BCUT2D eigenvalue weighted by molar-refractivity contribution is 0.0695. The number of fused-ring (bicyclic) bond motifs is 1. The summed E-state index contributed by atoms with van der Waals surface area (Å²) in [6.45, 7) is 0. The molecular weight excluding hydrogens is 174 g/mol. The second-order valence-corrected chi connectivity index (χ2v) is 2.46. The fraction of sp³-hybridized carbons (Fsp3) is 0. The van der Waals surface area contributed by atoms with Crippen molar-refractivity contribution in [3.63, 3.8) is 0 Å². The van der Waals surface area contributed by atoms with E-state index >= 15 is 0 Å². The van der Waals surface area contributed by atoms with Crippen molar-refractivity contribution < 1.29 is 15.1 Å². The highest BCUT2D eigenvalue weighted by atomic mass is 16.5. The van der Waals surface area contributed by atoms with Crippen LogP contribution in [0.5, 0.6) is 0 Å². The minimum Gasteiger partial charge on any atom is -0.478 e. The zero-order valence-electron chi connectivity index (χ0n) is 6.38. The highest BCUT2D eigenvalue weighted by Gasteiger charge is 2.13. The molecule has 0 bridgehead atoms. The Kier molecular flexibility index (Phi) is 1.42. The van der Waals surface area contributed by atoms with Gasteiger partial charge < -0.3 is 10.3 Å². The quantitative estimate of drug-likeness (QED) is 0.617. The molecule has 0 saturated carbocycles. The summed E-state index contributed by atoms with van der Waals surface area (Å²) in [5.41, 5.74) is 0.433. The van der Waals surface area contributed by atoms with Gasteiger partial charge >= 0.3 is 5.97 Å². The van der Waals surface area contributed by atoms with Crippen molar-refractivity contribution >= 4 is 17.0 Å². The summed E-state index contributed by atoms with van der Waals surface area (Å²) in [6, 6.07) is 4.49. The number of rotatable bonds is 1. The Balaban J connectivity index is 2.88. The van der Waals surface area contributed by atoms with Crippen LogP contribution in [-0.2, 0) is 0 Å². The van der Waals surface area contributed by atoms with Crippen molar-refractivity contribution in [2.45, 2.75) is 0 Å². The Labute approximate surface area is 72.0 Å². The lowest BCUT2D eigenvalue weighted by atomic mass is 10.2. The molecule has 0 atom stereocenters. The lowest BCUT2D eigenvalue weighted by Crippen LogP contribution is -2.01.